The van der Waals surface area contributed by atoms with Crippen LogP contribution in [0.15, 0.2) is 0 Å². The summed E-state index contributed by atoms with van der Waals surface area (Å²) in [5, 5.41) is 2.85. The lowest BCUT2D eigenvalue weighted by molar-refractivity contribution is 0.101. The molecule has 1 aliphatic rings. The molecule has 14 heavy (non-hydrogen) atoms. The summed E-state index contributed by atoms with van der Waals surface area (Å²) in [6.45, 7) is 4.23. The van der Waals surface area contributed by atoms with Crippen molar-refractivity contribution >= 4 is 0 Å². The van der Waals surface area contributed by atoms with Gasteiger partial charge in [0.15, 0.2) is 0 Å². The van der Waals surface area contributed by atoms with Gasteiger partial charge in [-0.3, -0.25) is 4.90 Å². The molecule has 84 valence electrons. The molecule has 0 aliphatic heterocycles. The molecule has 0 saturated heterocycles. The molecule has 2 nitrogen and oxygen atoms in total. The van der Waals surface area contributed by atoms with Gasteiger partial charge in [-0.25, -0.2) is 8.78 Å². The monoisotopic (exact) mass is 206 g/mol. The van der Waals surface area contributed by atoms with Crippen LogP contribution in [-0.4, -0.2) is 43.0 Å². The van der Waals surface area contributed by atoms with Gasteiger partial charge in [-0.15, -0.1) is 0 Å². The van der Waals surface area contributed by atoms with E-state index in [0.717, 1.165) is 0 Å². The van der Waals surface area contributed by atoms with Gasteiger partial charge in [0.1, 0.15) is 0 Å². The molecule has 1 aliphatic carbocycles. The predicted octanol–water partition coefficient (Wildman–Crippen LogP) is 1.71. The van der Waals surface area contributed by atoms with E-state index in [0.29, 0.717) is 18.6 Å². The van der Waals surface area contributed by atoms with Crippen LogP contribution in [0.5, 0.6) is 0 Å². The minimum Gasteiger partial charge on any atom is -0.308 e. The lowest BCUT2D eigenvalue weighted by Gasteiger charge is -2.26. The molecule has 4 heteroatoms. The highest BCUT2D eigenvalue weighted by Gasteiger charge is 2.29. The van der Waals surface area contributed by atoms with Crippen LogP contribution in [0.1, 0.15) is 26.7 Å². The van der Waals surface area contributed by atoms with Crippen LogP contribution < -0.4 is 5.32 Å². The Morgan fingerprint density at radius 2 is 1.93 bits per heavy atom. The van der Waals surface area contributed by atoms with Crippen LogP contribution in [0.3, 0.4) is 0 Å². The Bertz CT molecular complexity index is 172. The molecule has 1 saturated carbocycles. The van der Waals surface area contributed by atoms with Crippen molar-refractivity contribution in [3.05, 3.63) is 0 Å². The van der Waals surface area contributed by atoms with Crippen molar-refractivity contribution in [3.8, 4) is 0 Å². The molecule has 0 amide bonds. The number of rotatable bonds is 6. The highest BCUT2D eigenvalue weighted by molar-refractivity contribution is 4.86. The Labute approximate surface area is 84.7 Å². The second kappa shape index (κ2) is 5.03. The Morgan fingerprint density at radius 1 is 1.36 bits per heavy atom. The van der Waals surface area contributed by atoms with Crippen LogP contribution in [0.2, 0.25) is 0 Å². The minimum atomic E-state index is -2.27. The quantitative estimate of drug-likeness (QED) is 0.711. The van der Waals surface area contributed by atoms with Gasteiger partial charge in [0, 0.05) is 18.6 Å². The van der Waals surface area contributed by atoms with E-state index < -0.39 is 12.5 Å². The predicted molar refractivity (Wildman–Crippen MR) is 53.7 cm³/mol. The summed E-state index contributed by atoms with van der Waals surface area (Å²) in [6.07, 6.45) is 0.240. The van der Waals surface area contributed by atoms with Crippen molar-refractivity contribution in [2.75, 3.05) is 13.6 Å². The third kappa shape index (κ3) is 3.50. The maximum atomic E-state index is 12.2. The molecule has 1 N–H and O–H groups in total. The summed E-state index contributed by atoms with van der Waals surface area (Å²) in [4.78, 5) is 2.27. The summed E-state index contributed by atoms with van der Waals surface area (Å²) in [5.74, 6) is 0. The topological polar surface area (TPSA) is 15.3 Å². The lowest BCUT2D eigenvalue weighted by Crippen LogP contribution is -2.43. The van der Waals surface area contributed by atoms with E-state index in [4.69, 9.17) is 0 Å². The summed E-state index contributed by atoms with van der Waals surface area (Å²) in [5.41, 5.74) is 0. The number of alkyl halides is 2. The summed E-state index contributed by atoms with van der Waals surface area (Å²) in [7, 11) is 2.07. The zero-order valence-corrected chi connectivity index (χ0v) is 9.13. The standard InChI is InChI=1S/C10H20F2N2/c1-7(14(3)9-4-5-9)6-13-8(2)10(11)12/h7-10,13H,4-6H2,1-3H3. The van der Waals surface area contributed by atoms with Gasteiger partial charge in [0.25, 0.3) is 6.43 Å². The summed E-state index contributed by atoms with van der Waals surface area (Å²) < 4.78 is 24.3. The Kier molecular flexibility index (Phi) is 4.26. The zero-order chi connectivity index (χ0) is 10.7. The highest BCUT2D eigenvalue weighted by atomic mass is 19.3. The van der Waals surface area contributed by atoms with Gasteiger partial charge < -0.3 is 5.32 Å². The van der Waals surface area contributed by atoms with Gasteiger partial charge in [0.05, 0.1) is 6.04 Å². The van der Waals surface area contributed by atoms with E-state index in [9.17, 15) is 8.78 Å². The van der Waals surface area contributed by atoms with E-state index in [1.54, 1.807) is 0 Å². The van der Waals surface area contributed by atoms with Crippen LogP contribution in [0, 0.1) is 0 Å². The first-order valence-corrected chi connectivity index (χ1v) is 5.26. The van der Waals surface area contributed by atoms with Gasteiger partial charge in [-0.05, 0) is 33.7 Å². The zero-order valence-electron chi connectivity index (χ0n) is 9.13. The largest absolute Gasteiger partial charge is 0.308 e. The second-order valence-corrected chi connectivity index (χ2v) is 4.28. The Balaban J connectivity index is 2.16. The van der Waals surface area contributed by atoms with E-state index >= 15 is 0 Å². The molecule has 0 aromatic rings. The number of nitrogens with one attached hydrogen (secondary N) is 1. The van der Waals surface area contributed by atoms with Gasteiger partial charge >= 0.3 is 0 Å². The molecule has 0 heterocycles. The highest BCUT2D eigenvalue weighted by Crippen LogP contribution is 2.26. The van der Waals surface area contributed by atoms with Gasteiger partial charge in [-0.2, -0.15) is 0 Å². The molecule has 1 fully saturated rings. The molecule has 2 unspecified atom stereocenters. The maximum Gasteiger partial charge on any atom is 0.253 e. The number of halogens is 2. The van der Waals surface area contributed by atoms with Gasteiger partial charge in [0.2, 0.25) is 0 Å². The van der Waals surface area contributed by atoms with Crippen molar-refractivity contribution < 1.29 is 8.78 Å². The Hall–Kier alpha value is -0.220. The fourth-order valence-electron chi connectivity index (χ4n) is 1.43. The summed E-state index contributed by atoms with van der Waals surface area (Å²) >= 11 is 0. The molecule has 0 radical (unpaired) electrons. The van der Waals surface area contributed by atoms with Crippen LogP contribution in [-0.2, 0) is 0 Å². The molecule has 0 spiro atoms. The molecule has 2 atom stereocenters. The molecular formula is C10H20F2N2. The second-order valence-electron chi connectivity index (χ2n) is 4.28. The minimum absolute atomic E-state index is 0.337. The van der Waals surface area contributed by atoms with Crippen LogP contribution in [0.4, 0.5) is 8.78 Å². The smallest absolute Gasteiger partial charge is 0.253 e. The third-order valence-corrected chi connectivity index (χ3v) is 2.93. The maximum absolute atomic E-state index is 12.2. The average Bonchev–Trinajstić information content (AvgIpc) is 2.95. The van der Waals surface area contributed by atoms with Crippen molar-refractivity contribution in [1.29, 1.82) is 0 Å². The molecule has 0 aromatic carbocycles. The SMILES string of the molecule is CC(NCC(C)N(C)C1CC1)C(F)F. The average molecular weight is 206 g/mol. The summed E-state index contributed by atoms with van der Waals surface area (Å²) in [6, 6.07) is 0.322. The van der Waals surface area contributed by atoms with Crippen LogP contribution >= 0.6 is 0 Å². The molecular weight excluding hydrogens is 186 g/mol. The van der Waals surface area contributed by atoms with Crippen molar-refractivity contribution in [2.24, 2.45) is 0 Å². The number of hydrogen-bond donors (Lipinski definition) is 1. The van der Waals surface area contributed by atoms with Crippen molar-refractivity contribution in [1.82, 2.24) is 10.2 Å². The van der Waals surface area contributed by atoms with Crippen molar-refractivity contribution in [3.63, 3.8) is 0 Å². The first kappa shape index (κ1) is 11.9. The number of nitrogens with zero attached hydrogens (tertiary/aromatic N) is 1. The fourth-order valence-corrected chi connectivity index (χ4v) is 1.43. The molecule has 0 aromatic heterocycles. The first-order chi connectivity index (χ1) is 6.52. The fraction of sp³-hybridized carbons (Fsp3) is 1.00. The molecule has 0 bridgehead atoms. The van der Waals surface area contributed by atoms with E-state index in [1.807, 2.05) is 0 Å². The normalized spacial score (nSPS) is 21.6. The van der Waals surface area contributed by atoms with E-state index in [2.05, 4.69) is 24.2 Å². The molecule has 1 rings (SSSR count). The Morgan fingerprint density at radius 3 is 2.36 bits per heavy atom. The van der Waals surface area contributed by atoms with E-state index in [-0.39, 0.29) is 0 Å². The van der Waals surface area contributed by atoms with E-state index in [1.165, 1.54) is 19.8 Å². The third-order valence-electron chi connectivity index (χ3n) is 2.93. The first-order valence-electron chi connectivity index (χ1n) is 5.26. The van der Waals surface area contributed by atoms with Crippen molar-refractivity contribution in [2.45, 2.75) is 51.2 Å². The number of hydrogen-bond acceptors (Lipinski definition) is 2. The van der Waals surface area contributed by atoms with Crippen LogP contribution in [0.25, 0.3) is 0 Å². The van der Waals surface area contributed by atoms with Gasteiger partial charge in [-0.1, -0.05) is 0 Å². The number of likely N-dealkylation sites (N-methyl/N-ethyl adjacent to an activating group) is 1. The lowest BCUT2D eigenvalue weighted by atomic mass is 10.2.